The van der Waals surface area contributed by atoms with Crippen molar-refractivity contribution in [2.45, 2.75) is 23.8 Å². The fourth-order valence-corrected chi connectivity index (χ4v) is 4.14. The minimum atomic E-state index is -3.89. The van der Waals surface area contributed by atoms with E-state index in [0.717, 1.165) is 11.6 Å². The molecule has 8 nitrogen and oxygen atoms in total. The number of carbonyl (C=O) groups excluding carboxylic acids is 1. The zero-order valence-corrected chi connectivity index (χ0v) is 13.5. The van der Waals surface area contributed by atoms with E-state index in [4.69, 9.17) is 0 Å². The van der Waals surface area contributed by atoms with Crippen LogP contribution in [0.5, 0.6) is 0 Å². The number of hydrogen-bond donors (Lipinski definition) is 1. The van der Waals surface area contributed by atoms with Crippen LogP contribution in [0.4, 0.5) is 5.13 Å². The van der Waals surface area contributed by atoms with Gasteiger partial charge >= 0.3 is 0 Å². The van der Waals surface area contributed by atoms with Gasteiger partial charge in [0, 0.05) is 31.4 Å². The van der Waals surface area contributed by atoms with Crippen LogP contribution < -0.4 is 9.62 Å². The zero-order chi connectivity index (χ0) is 15.7. The fraction of sp³-hybridized carbons (Fsp3) is 0.417. The van der Waals surface area contributed by atoms with E-state index in [0.29, 0.717) is 13.0 Å². The van der Waals surface area contributed by atoms with Gasteiger partial charge in [-0.15, -0.1) is 11.3 Å². The van der Waals surface area contributed by atoms with Crippen LogP contribution in [0.2, 0.25) is 0 Å². The fourth-order valence-electron chi connectivity index (χ4n) is 2.42. The molecular formula is C12H15N5O3S2. The van der Waals surface area contributed by atoms with Crippen molar-refractivity contribution in [3.63, 3.8) is 0 Å². The first-order valence-electron chi connectivity index (χ1n) is 6.69. The highest BCUT2D eigenvalue weighted by Crippen LogP contribution is 2.27. The first kappa shape index (κ1) is 15.0. The molecule has 0 aromatic carbocycles. The average molecular weight is 341 g/mol. The minimum absolute atomic E-state index is 0.0258. The van der Waals surface area contributed by atoms with Crippen molar-refractivity contribution in [2.24, 2.45) is 7.05 Å². The molecule has 0 bridgehead atoms. The Morgan fingerprint density at radius 2 is 2.32 bits per heavy atom. The third-order valence-electron chi connectivity index (χ3n) is 3.45. The first-order chi connectivity index (χ1) is 10.5. The Balaban J connectivity index is 1.76. The van der Waals surface area contributed by atoms with Crippen LogP contribution in [0.1, 0.15) is 12.8 Å². The van der Waals surface area contributed by atoms with Crippen LogP contribution in [0.3, 0.4) is 0 Å². The summed E-state index contributed by atoms with van der Waals surface area (Å²) < 4.78 is 27.9. The molecule has 1 N–H and O–H groups in total. The maximum Gasteiger partial charge on any atom is 0.267 e. The number of thiazole rings is 1. The average Bonchev–Trinajstić information content (AvgIpc) is 3.18. The number of aromatic nitrogens is 3. The Morgan fingerprint density at radius 3 is 2.95 bits per heavy atom. The van der Waals surface area contributed by atoms with E-state index in [9.17, 15) is 13.2 Å². The highest BCUT2D eigenvalue weighted by atomic mass is 32.2. The lowest BCUT2D eigenvalue weighted by Gasteiger charge is -2.22. The lowest BCUT2D eigenvalue weighted by atomic mass is 10.2. The predicted molar refractivity (Wildman–Crippen MR) is 81.0 cm³/mol. The molecule has 1 saturated heterocycles. The number of anilines is 1. The summed E-state index contributed by atoms with van der Waals surface area (Å²) in [6.07, 6.45) is 5.66. The van der Waals surface area contributed by atoms with Gasteiger partial charge in [0.05, 0.1) is 6.20 Å². The molecule has 0 radical (unpaired) electrons. The lowest BCUT2D eigenvalue weighted by Crippen LogP contribution is -2.45. The number of aryl methyl sites for hydroxylation is 1. The van der Waals surface area contributed by atoms with Crippen LogP contribution >= 0.6 is 11.3 Å². The summed E-state index contributed by atoms with van der Waals surface area (Å²) in [5.74, 6) is -0.531. The van der Waals surface area contributed by atoms with Crippen molar-refractivity contribution in [3.05, 3.63) is 24.0 Å². The molecule has 2 aromatic heterocycles. The molecule has 22 heavy (non-hydrogen) atoms. The second kappa shape index (κ2) is 5.69. The molecule has 118 valence electrons. The van der Waals surface area contributed by atoms with Crippen LogP contribution in [0, 0.1) is 0 Å². The molecule has 0 unspecified atom stereocenters. The Morgan fingerprint density at radius 1 is 1.50 bits per heavy atom. The van der Waals surface area contributed by atoms with E-state index in [1.54, 1.807) is 13.2 Å². The highest BCUT2D eigenvalue weighted by molar-refractivity contribution is 7.90. The number of hydrogen-bond acceptors (Lipinski definition) is 7. The summed E-state index contributed by atoms with van der Waals surface area (Å²) in [7, 11) is -2.28. The largest absolute Gasteiger partial charge is 0.336 e. The van der Waals surface area contributed by atoms with E-state index in [-0.39, 0.29) is 4.90 Å². The smallest absolute Gasteiger partial charge is 0.267 e. The van der Waals surface area contributed by atoms with Gasteiger partial charge in [0.2, 0.25) is 0 Å². The van der Waals surface area contributed by atoms with Crippen LogP contribution in [-0.4, -0.2) is 41.7 Å². The van der Waals surface area contributed by atoms with Gasteiger partial charge < -0.3 is 4.90 Å². The van der Waals surface area contributed by atoms with E-state index in [1.165, 1.54) is 28.4 Å². The molecule has 1 aliphatic rings. The summed E-state index contributed by atoms with van der Waals surface area (Å²) in [6, 6.07) is -0.516. The van der Waals surface area contributed by atoms with Crippen LogP contribution in [0.15, 0.2) is 28.9 Å². The Bertz CT molecular complexity index is 769. The molecule has 1 amide bonds. The third-order valence-corrected chi connectivity index (χ3v) is 5.56. The standard InChI is InChI=1S/C12H15N5O3S2/c1-16-8-9(7-14-16)22(19,20)15-11(18)10-3-2-5-17(10)12-13-4-6-21-12/h4,6-8,10H,2-3,5H2,1H3,(H,15,18)/t10-/m1/s1. The molecule has 0 aliphatic carbocycles. The quantitative estimate of drug-likeness (QED) is 0.862. The molecule has 0 spiro atoms. The van der Waals surface area contributed by atoms with Crippen molar-refractivity contribution in [3.8, 4) is 0 Å². The maximum absolute atomic E-state index is 12.4. The zero-order valence-electron chi connectivity index (χ0n) is 11.8. The summed E-state index contributed by atoms with van der Waals surface area (Å²) in [5.41, 5.74) is 0. The molecule has 3 rings (SSSR count). The van der Waals surface area contributed by atoms with Gasteiger partial charge in [-0.1, -0.05) is 0 Å². The highest BCUT2D eigenvalue weighted by Gasteiger charge is 2.34. The first-order valence-corrected chi connectivity index (χ1v) is 9.05. The molecule has 1 atom stereocenters. The van der Waals surface area contributed by atoms with E-state index in [2.05, 4.69) is 14.8 Å². The van der Waals surface area contributed by atoms with E-state index >= 15 is 0 Å². The number of rotatable bonds is 4. The van der Waals surface area contributed by atoms with Crippen LogP contribution in [0.25, 0.3) is 0 Å². The minimum Gasteiger partial charge on any atom is -0.336 e. The summed E-state index contributed by atoms with van der Waals surface area (Å²) in [4.78, 5) is 18.4. The molecule has 10 heteroatoms. The molecular weight excluding hydrogens is 326 g/mol. The number of nitrogens with zero attached hydrogens (tertiary/aromatic N) is 4. The molecule has 1 fully saturated rings. The van der Waals surface area contributed by atoms with Crippen molar-refractivity contribution < 1.29 is 13.2 Å². The molecule has 0 saturated carbocycles. The normalized spacial score (nSPS) is 18.6. The number of sulfonamides is 1. The summed E-state index contributed by atoms with van der Waals surface area (Å²) >= 11 is 1.43. The third kappa shape index (κ3) is 2.83. The van der Waals surface area contributed by atoms with E-state index in [1.807, 2.05) is 10.3 Å². The van der Waals surface area contributed by atoms with Crippen molar-refractivity contribution in [2.75, 3.05) is 11.4 Å². The summed E-state index contributed by atoms with van der Waals surface area (Å²) in [6.45, 7) is 0.693. The summed E-state index contributed by atoms with van der Waals surface area (Å²) in [5, 5.41) is 6.37. The number of amides is 1. The van der Waals surface area contributed by atoms with Gasteiger partial charge in [0.25, 0.3) is 15.9 Å². The molecule has 3 heterocycles. The Labute approximate surface area is 131 Å². The van der Waals surface area contributed by atoms with Gasteiger partial charge in [0.1, 0.15) is 10.9 Å². The second-order valence-corrected chi connectivity index (χ2v) is 7.54. The van der Waals surface area contributed by atoms with Gasteiger partial charge in [-0.25, -0.2) is 18.1 Å². The monoisotopic (exact) mass is 341 g/mol. The van der Waals surface area contributed by atoms with Crippen molar-refractivity contribution >= 4 is 32.4 Å². The van der Waals surface area contributed by atoms with Gasteiger partial charge in [0.15, 0.2) is 5.13 Å². The Hall–Kier alpha value is -1.94. The molecule has 1 aliphatic heterocycles. The van der Waals surface area contributed by atoms with Crippen molar-refractivity contribution in [1.29, 1.82) is 0 Å². The van der Waals surface area contributed by atoms with Crippen molar-refractivity contribution in [1.82, 2.24) is 19.5 Å². The number of nitrogens with one attached hydrogen (secondary N) is 1. The van der Waals surface area contributed by atoms with Crippen LogP contribution in [-0.2, 0) is 21.9 Å². The predicted octanol–water partition coefficient (Wildman–Crippen LogP) is 0.351. The number of carbonyl (C=O) groups is 1. The lowest BCUT2D eigenvalue weighted by molar-refractivity contribution is -0.120. The van der Waals surface area contributed by atoms with Gasteiger partial charge in [-0.3, -0.25) is 9.48 Å². The van der Waals surface area contributed by atoms with E-state index < -0.39 is 22.0 Å². The topological polar surface area (TPSA) is 97.2 Å². The Kier molecular flexibility index (Phi) is 3.87. The van der Waals surface area contributed by atoms with Gasteiger partial charge in [-0.2, -0.15) is 5.10 Å². The SMILES string of the molecule is Cn1cc(S(=O)(=O)NC(=O)[C@H]2CCCN2c2nccs2)cn1. The maximum atomic E-state index is 12.4. The van der Waals surface area contributed by atoms with Gasteiger partial charge in [-0.05, 0) is 12.8 Å². The second-order valence-electron chi connectivity index (χ2n) is 4.99. The molecule has 2 aromatic rings.